The van der Waals surface area contributed by atoms with E-state index in [1.54, 1.807) is 18.2 Å². The predicted octanol–water partition coefficient (Wildman–Crippen LogP) is 3.65. The summed E-state index contributed by atoms with van der Waals surface area (Å²) in [7, 11) is 0. The molecule has 0 saturated heterocycles. The van der Waals surface area contributed by atoms with Gasteiger partial charge in [-0.15, -0.1) is 0 Å². The lowest BCUT2D eigenvalue weighted by Gasteiger charge is -2.16. The van der Waals surface area contributed by atoms with Crippen molar-refractivity contribution in [3.63, 3.8) is 0 Å². The molecule has 2 aromatic rings. The highest BCUT2D eigenvalue weighted by molar-refractivity contribution is 7.80. The molecule has 2 rings (SSSR count). The standard InChI is InChI=1S/C19H22FN3OS/c1-3-14-9-6-7-13(2)18(14)21-19(25)23-22-17(24)12-11-15-8-4-5-10-16(15)20/h4-10H,3,11-12H2,1-2H3,(H,22,24)(H2,21,23,25). The fourth-order valence-electron chi connectivity index (χ4n) is 2.49. The number of hydrogen-bond acceptors (Lipinski definition) is 2. The van der Waals surface area contributed by atoms with E-state index < -0.39 is 0 Å². The Morgan fingerprint density at radius 2 is 1.80 bits per heavy atom. The number of halogens is 1. The van der Waals surface area contributed by atoms with E-state index in [0.29, 0.717) is 17.1 Å². The number of rotatable bonds is 5. The van der Waals surface area contributed by atoms with Crippen molar-refractivity contribution in [2.75, 3.05) is 5.32 Å². The summed E-state index contributed by atoms with van der Waals surface area (Å²) in [5, 5.41) is 3.42. The SMILES string of the molecule is CCc1cccc(C)c1NC(=S)NNC(=O)CCc1ccccc1F. The number of carbonyl (C=O) groups excluding carboxylic acids is 1. The Kier molecular flexibility index (Phi) is 6.89. The molecule has 0 bridgehead atoms. The number of amides is 1. The van der Waals surface area contributed by atoms with Crippen molar-refractivity contribution in [2.24, 2.45) is 0 Å². The molecule has 1 amide bonds. The van der Waals surface area contributed by atoms with Gasteiger partial charge in [-0.25, -0.2) is 4.39 Å². The number of benzene rings is 2. The molecule has 0 aliphatic carbocycles. The third-order valence-corrected chi connectivity index (χ3v) is 4.08. The summed E-state index contributed by atoms with van der Waals surface area (Å²) in [6, 6.07) is 12.5. The van der Waals surface area contributed by atoms with Gasteiger partial charge in [0.05, 0.1) is 0 Å². The van der Waals surface area contributed by atoms with Crippen LogP contribution in [-0.2, 0) is 17.6 Å². The predicted molar refractivity (Wildman–Crippen MR) is 103 cm³/mol. The molecule has 0 radical (unpaired) electrons. The maximum absolute atomic E-state index is 13.5. The Bertz CT molecular complexity index is 764. The molecule has 0 spiro atoms. The van der Waals surface area contributed by atoms with E-state index >= 15 is 0 Å². The molecule has 4 nitrogen and oxygen atoms in total. The first-order valence-corrected chi connectivity index (χ1v) is 8.59. The van der Waals surface area contributed by atoms with E-state index in [4.69, 9.17) is 12.2 Å². The van der Waals surface area contributed by atoms with Gasteiger partial charge in [0.1, 0.15) is 5.82 Å². The summed E-state index contributed by atoms with van der Waals surface area (Å²) in [4.78, 5) is 11.9. The van der Waals surface area contributed by atoms with Gasteiger partial charge in [-0.3, -0.25) is 15.6 Å². The molecule has 0 saturated carbocycles. The molecule has 0 unspecified atom stereocenters. The van der Waals surface area contributed by atoms with Crippen LogP contribution < -0.4 is 16.2 Å². The van der Waals surface area contributed by atoms with Gasteiger partial charge in [-0.2, -0.15) is 0 Å². The van der Waals surface area contributed by atoms with E-state index in [1.165, 1.54) is 6.07 Å². The monoisotopic (exact) mass is 359 g/mol. The number of hydrazine groups is 1. The fraction of sp³-hybridized carbons (Fsp3) is 0.263. The van der Waals surface area contributed by atoms with Crippen LogP contribution in [0.1, 0.15) is 30.0 Å². The van der Waals surface area contributed by atoms with Crippen LogP contribution in [0.15, 0.2) is 42.5 Å². The van der Waals surface area contributed by atoms with Gasteiger partial charge in [0, 0.05) is 12.1 Å². The van der Waals surface area contributed by atoms with E-state index in [2.05, 4.69) is 23.1 Å². The van der Waals surface area contributed by atoms with Gasteiger partial charge in [0.15, 0.2) is 5.11 Å². The zero-order valence-corrected chi connectivity index (χ0v) is 15.2. The summed E-state index contributed by atoms with van der Waals surface area (Å²) in [6.45, 7) is 4.07. The Morgan fingerprint density at radius 1 is 1.08 bits per heavy atom. The van der Waals surface area contributed by atoms with Gasteiger partial charge in [-0.1, -0.05) is 43.3 Å². The van der Waals surface area contributed by atoms with Crippen LogP contribution >= 0.6 is 12.2 Å². The molecule has 25 heavy (non-hydrogen) atoms. The maximum atomic E-state index is 13.5. The van der Waals surface area contributed by atoms with Crippen LogP contribution in [0.3, 0.4) is 0 Å². The number of anilines is 1. The molecule has 6 heteroatoms. The molecule has 0 atom stereocenters. The summed E-state index contributed by atoms with van der Waals surface area (Å²) in [6.07, 6.45) is 1.38. The third-order valence-electron chi connectivity index (χ3n) is 3.87. The summed E-state index contributed by atoms with van der Waals surface area (Å²) >= 11 is 5.22. The molecule has 0 aliphatic heterocycles. The topological polar surface area (TPSA) is 53.2 Å². The van der Waals surface area contributed by atoms with Crippen LogP contribution in [0.25, 0.3) is 0 Å². The van der Waals surface area contributed by atoms with Crippen molar-refractivity contribution in [3.05, 3.63) is 65.0 Å². The van der Waals surface area contributed by atoms with E-state index in [1.807, 2.05) is 25.1 Å². The van der Waals surface area contributed by atoms with E-state index in [-0.39, 0.29) is 18.1 Å². The first-order valence-electron chi connectivity index (χ1n) is 8.19. The molecule has 0 aliphatic rings. The average Bonchev–Trinajstić information content (AvgIpc) is 2.61. The van der Waals surface area contributed by atoms with Gasteiger partial charge in [-0.05, 0) is 54.7 Å². The quantitative estimate of drug-likeness (QED) is 0.563. The molecule has 3 N–H and O–H groups in total. The molecule has 0 heterocycles. The van der Waals surface area contributed by atoms with Gasteiger partial charge in [0.25, 0.3) is 0 Å². The first-order chi connectivity index (χ1) is 12.0. The lowest BCUT2D eigenvalue weighted by atomic mass is 10.1. The van der Waals surface area contributed by atoms with Crippen molar-refractivity contribution in [2.45, 2.75) is 33.1 Å². The Labute approximate surface area is 152 Å². The van der Waals surface area contributed by atoms with Crippen LogP contribution in [0.2, 0.25) is 0 Å². The van der Waals surface area contributed by atoms with Crippen LogP contribution in [0.5, 0.6) is 0 Å². The average molecular weight is 359 g/mol. The highest BCUT2D eigenvalue weighted by atomic mass is 32.1. The number of hydrogen-bond donors (Lipinski definition) is 3. The van der Waals surface area contributed by atoms with Crippen molar-refractivity contribution in [3.8, 4) is 0 Å². The van der Waals surface area contributed by atoms with Gasteiger partial charge >= 0.3 is 0 Å². The minimum absolute atomic E-state index is 0.168. The molecular formula is C19H22FN3OS. The minimum Gasteiger partial charge on any atom is -0.331 e. The Morgan fingerprint density at radius 3 is 2.52 bits per heavy atom. The highest BCUT2D eigenvalue weighted by Gasteiger charge is 2.08. The number of para-hydroxylation sites is 1. The second-order valence-electron chi connectivity index (χ2n) is 5.68. The van der Waals surface area contributed by atoms with Crippen molar-refractivity contribution >= 4 is 28.9 Å². The lowest BCUT2D eigenvalue weighted by molar-refractivity contribution is -0.121. The smallest absolute Gasteiger partial charge is 0.238 e. The number of aryl methyl sites for hydroxylation is 3. The van der Waals surface area contributed by atoms with Gasteiger partial charge < -0.3 is 5.32 Å². The van der Waals surface area contributed by atoms with Crippen LogP contribution in [0.4, 0.5) is 10.1 Å². The second-order valence-corrected chi connectivity index (χ2v) is 6.09. The van der Waals surface area contributed by atoms with E-state index in [9.17, 15) is 9.18 Å². The first kappa shape index (κ1) is 18.9. The van der Waals surface area contributed by atoms with Crippen molar-refractivity contribution in [1.82, 2.24) is 10.9 Å². The van der Waals surface area contributed by atoms with Crippen molar-refractivity contribution in [1.29, 1.82) is 0 Å². The number of thiocarbonyl (C=S) groups is 1. The Balaban J connectivity index is 1.82. The zero-order chi connectivity index (χ0) is 18.2. The molecule has 0 fully saturated rings. The minimum atomic E-state index is -0.299. The number of carbonyl (C=O) groups is 1. The lowest BCUT2D eigenvalue weighted by Crippen LogP contribution is -2.44. The summed E-state index contributed by atoms with van der Waals surface area (Å²) in [5.41, 5.74) is 8.91. The Hall–Kier alpha value is -2.47. The second kappa shape index (κ2) is 9.13. The van der Waals surface area contributed by atoms with Crippen molar-refractivity contribution < 1.29 is 9.18 Å². The maximum Gasteiger partial charge on any atom is 0.238 e. The molecule has 0 aromatic heterocycles. The molecular weight excluding hydrogens is 337 g/mol. The van der Waals surface area contributed by atoms with Gasteiger partial charge in [0.2, 0.25) is 5.91 Å². The van der Waals surface area contributed by atoms with Crippen LogP contribution in [0, 0.1) is 12.7 Å². The fourth-order valence-corrected chi connectivity index (χ4v) is 2.64. The zero-order valence-electron chi connectivity index (χ0n) is 14.4. The van der Waals surface area contributed by atoms with Crippen LogP contribution in [-0.4, -0.2) is 11.0 Å². The largest absolute Gasteiger partial charge is 0.331 e. The van der Waals surface area contributed by atoms with E-state index in [0.717, 1.165) is 23.2 Å². The highest BCUT2D eigenvalue weighted by Crippen LogP contribution is 2.20. The molecule has 2 aromatic carbocycles. The summed E-state index contributed by atoms with van der Waals surface area (Å²) < 4.78 is 13.5. The third kappa shape index (κ3) is 5.53. The summed E-state index contributed by atoms with van der Waals surface area (Å²) in [5.74, 6) is -0.556. The molecule has 132 valence electrons. The normalized spacial score (nSPS) is 10.2. The number of nitrogens with one attached hydrogen (secondary N) is 3.